The molecule has 17 aromatic rings. The molecule has 0 saturated heterocycles. The normalized spacial score (nSPS) is 11.3. The molecule has 0 spiro atoms. The summed E-state index contributed by atoms with van der Waals surface area (Å²) in [6.07, 6.45) is 0. The molecule has 0 aliphatic carbocycles. The van der Waals surface area contributed by atoms with Gasteiger partial charge in [-0.2, -0.15) is 21.0 Å². The molecule has 438 valence electrons. The fourth-order valence-electron chi connectivity index (χ4n) is 14.1. The number of nitriles is 4. The number of hydrogen-bond donors (Lipinski definition) is 0. The Morgan fingerprint density at radius 1 is 0.242 bits per heavy atom. The fourth-order valence-corrected chi connectivity index (χ4v) is 14.1. The summed E-state index contributed by atoms with van der Waals surface area (Å²) >= 11 is 0. The van der Waals surface area contributed by atoms with Crippen LogP contribution >= 0.6 is 0 Å². The lowest BCUT2D eigenvalue weighted by Crippen LogP contribution is -2.04. The lowest BCUT2D eigenvalue weighted by atomic mass is 9.91. The van der Waals surface area contributed by atoms with Crippen molar-refractivity contribution in [2.45, 2.75) is 0 Å². The maximum absolute atomic E-state index is 10.7. The summed E-state index contributed by atoms with van der Waals surface area (Å²) < 4.78 is 7.10. The van der Waals surface area contributed by atoms with E-state index in [1.807, 2.05) is 48.5 Å². The van der Waals surface area contributed by atoms with Gasteiger partial charge in [0.1, 0.15) is 0 Å². The molecular formula is C86H49N9. The third-order valence-corrected chi connectivity index (χ3v) is 18.4. The Bertz CT molecular complexity index is 5740. The highest BCUT2D eigenvalue weighted by molar-refractivity contribution is 6.14. The minimum absolute atomic E-state index is 0.381. The second kappa shape index (κ2) is 22.7. The highest BCUT2D eigenvalue weighted by Crippen LogP contribution is 2.48. The molecule has 4 aromatic heterocycles. The summed E-state index contributed by atoms with van der Waals surface area (Å²) in [5.74, 6) is 0.591. The van der Waals surface area contributed by atoms with E-state index in [4.69, 9.17) is 9.97 Å². The van der Waals surface area contributed by atoms with Gasteiger partial charge in [-0.25, -0.2) is 9.97 Å². The first-order valence-corrected chi connectivity index (χ1v) is 31.3. The zero-order valence-electron chi connectivity index (χ0n) is 50.8. The smallest absolute Gasteiger partial charge is 0.160 e. The minimum Gasteiger partial charge on any atom is -0.309 e. The Balaban J connectivity index is 1.02. The third-order valence-electron chi connectivity index (χ3n) is 18.4. The van der Waals surface area contributed by atoms with Crippen molar-refractivity contribution in [3.8, 4) is 120 Å². The fraction of sp³-hybridized carbons (Fsp3) is 0. The molecule has 0 atom stereocenters. The number of hydrogen-bond acceptors (Lipinski definition) is 6. The van der Waals surface area contributed by atoms with E-state index >= 15 is 0 Å². The van der Waals surface area contributed by atoms with Gasteiger partial charge in [0.2, 0.25) is 0 Å². The maximum atomic E-state index is 10.7. The van der Waals surface area contributed by atoms with Gasteiger partial charge in [0.05, 0.1) is 96.7 Å². The zero-order chi connectivity index (χ0) is 63.7. The van der Waals surface area contributed by atoms with Gasteiger partial charge < -0.3 is 13.7 Å². The lowest BCUT2D eigenvalue weighted by molar-refractivity contribution is 1.16. The van der Waals surface area contributed by atoms with Crippen molar-refractivity contribution in [3.63, 3.8) is 0 Å². The van der Waals surface area contributed by atoms with E-state index in [-0.39, 0.29) is 0 Å². The van der Waals surface area contributed by atoms with Crippen molar-refractivity contribution >= 4 is 65.4 Å². The molecule has 17 rings (SSSR count). The zero-order valence-corrected chi connectivity index (χ0v) is 50.8. The monoisotopic (exact) mass is 1210 g/mol. The lowest BCUT2D eigenvalue weighted by Gasteiger charge is -2.22. The Morgan fingerprint density at radius 2 is 0.621 bits per heavy atom. The van der Waals surface area contributed by atoms with Crippen LogP contribution in [-0.4, -0.2) is 23.7 Å². The van der Waals surface area contributed by atoms with E-state index in [9.17, 15) is 21.0 Å². The highest BCUT2D eigenvalue weighted by Gasteiger charge is 2.26. The second-order valence-electron chi connectivity index (χ2n) is 23.7. The molecule has 0 fully saturated rings. The van der Waals surface area contributed by atoms with Crippen LogP contribution in [0.2, 0.25) is 0 Å². The molecule has 13 aromatic carbocycles. The molecule has 0 aliphatic heterocycles. The Kier molecular flexibility index (Phi) is 13.2. The molecule has 0 bridgehead atoms. The first-order valence-electron chi connectivity index (χ1n) is 31.3. The molecular weight excluding hydrogens is 1160 g/mol. The summed E-state index contributed by atoms with van der Waals surface area (Å²) in [6, 6.07) is 111. The van der Waals surface area contributed by atoms with Crippen molar-refractivity contribution in [3.05, 3.63) is 320 Å². The van der Waals surface area contributed by atoms with Crippen LogP contribution in [0.25, 0.3) is 161 Å². The average Bonchev–Trinajstić information content (AvgIpc) is 1.62. The van der Waals surface area contributed by atoms with Crippen LogP contribution in [0.4, 0.5) is 0 Å². The van der Waals surface area contributed by atoms with Crippen LogP contribution in [0.1, 0.15) is 22.3 Å². The molecule has 0 radical (unpaired) electrons. The predicted octanol–water partition coefficient (Wildman–Crippen LogP) is 20.9. The van der Waals surface area contributed by atoms with E-state index in [0.717, 1.165) is 144 Å². The Morgan fingerprint density at radius 3 is 1.05 bits per heavy atom. The number of rotatable bonds is 10. The van der Waals surface area contributed by atoms with Crippen molar-refractivity contribution < 1.29 is 0 Å². The molecule has 9 heteroatoms. The van der Waals surface area contributed by atoms with Crippen molar-refractivity contribution in [1.29, 1.82) is 21.0 Å². The Labute approximate surface area is 546 Å². The van der Waals surface area contributed by atoms with E-state index in [1.165, 1.54) is 0 Å². The molecule has 0 aliphatic rings. The molecule has 0 unspecified atom stereocenters. The first kappa shape index (κ1) is 55.4. The standard InChI is InChI=1S/C86H49N9/c87-50-54-33-37-67(63(41-54)52-89)60-35-39-83-75(45-60)76-46-61(68-38-34-55(51-88)42-64(68)53-90)36-40-84(76)95(83)85-73(58-21-15-23-65(43-58)93-79-29-11-7-25-69(79)70-26-8-12-30-80(70)93)47-62(78-49-77(56-17-3-1-4-18-56)91-86(92-78)57-19-5-2-6-20-57)48-74(85)59-22-16-24-66(44-59)94-81-31-13-9-27-71(81)72-28-10-14-32-82(72)94/h1-49H. The van der Waals surface area contributed by atoms with Crippen molar-refractivity contribution in [2.24, 2.45) is 0 Å². The van der Waals surface area contributed by atoms with Crippen LogP contribution in [0.15, 0.2) is 297 Å². The van der Waals surface area contributed by atoms with E-state index in [1.54, 1.807) is 24.3 Å². The van der Waals surface area contributed by atoms with Gasteiger partial charge in [-0.1, -0.05) is 182 Å². The molecule has 0 N–H and O–H groups in total. The topological polar surface area (TPSA) is 136 Å². The van der Waals surface area contributed by atoms with Crippen LogP contribution in [0, 0.1) is 45.3 Å². The number of benzene rings is 13. The van der Waals surface area contributed by atoms with Gasteiger partial charge in [-0.15, -0.1) is 0 Å². The summed E-state index contributed by atoms with van der Waals surface area (Å²) in [7, 11) is 0. The van der Waals surface area contributed by atoms with E-state index < -0.39 is 0 Å². The second-order valence-corrected chi connectivity index (χ2v) is 23.7. The van der Waals surface area contributed by atoms with Gasteiger partial charge in [0.25, 0.3) is 0 Å². The summed E-state index contributed by atoms with van der Waals surface area (Å²) in [5, 5.41) is 47.7. The first-order chi connectivity index (χ1) is 46.9. The molecule has 0 amide bonds. The number of para-hydroxylation sites is 4. The minimum atomic E-state index is 0.381. The predicted molar refractivity (Wildman–Crippen MR) is 382 cm³/mol. The number of nitrogens with zero attached hydrogens (tertiary/aromatic N) is 9. The summed E-state index contributed by atoms with van der Waals surface area (Å²) in [5.41, 5.74) is 21.4. The molecule has 9 nitrogen and oxygen atoms in total. The molecule has 4 heterocycles. The van der Waals surface area contributed by atoms with Crippen LogP contribution in [0.3, 0.4) is 0 Å². The Hall–Kier alpha value is -13.7. The van der Waals surface area contributed by atoms with Crippen molar-refractivity contribution in [2.75, 3.05) is 0 Å². The largest absolute Gasteiger partial charge is 0.309 e. The maximum Gasteiger partial charge on any atom is 0.160 e. The molecule has 95 heavy (non-hydrogen) atoms. The highest BCUT2D eigenvalue weighted by atomic mass is 15.0. The van der Waals surface area contributed by atoms with Crippen LogP contribution in [0.5, 0.6) is 0 Å². The average molecular weight is 1210 g/mol. The van der Waals surface area contributed by atoms with Gasteiger partial charge in [-0.3, -0.25) is 0 Å². The summed E-state index contributed by atoms with van der Waals surface area (Å²) in [4.78, 5) is 10.8. The summed E-state index contributed by atoms with van der Waals surface area (Å²) in [6.45, 7) is 0. The van der Waals surface area contributed by atoms with E-state index in [0.29, 0.717) is 39.2 Å². The van der Waals surface area contributed by atoms with Gasteiger partial charge in [0.15, 0.2) is 5.82 Å². The quantitative estimate of drug-likeness (QED) is 0.134. The SMILES string of the molecule is N#Cc1ccc(-c2ccc3c(c2)c2cc(-c4ccc(C#N)cc4C#N)ccc2n3-c2c(-c3cccc(-n4c5ccccc5c5ccccc54)c3)cc(-c3cc(-c4ccccc4)nc(-c4ccccc4)n3)cc2-c2cccc(-n3c4ccccc4c4ccccc43)c2)c(C#N)c1. The third kappa shape index (κ3) is 9.28. The van der Waals surface area contributed by atoms with Crippen molar-refractivity contribution in [1.82, 2.24) is 23.7 Å². The van der Waals surface area contributed by atoms with Crippen LogP contribution in [-0.2, 0) is 0 Å². The van der Waals surface area contributed by atoms with Gasteiger partial charge >= 0.3 is 0 Å². The number of aromatic nitrogens is 5. The van der Waals surface area contributed by atoms with Crippen LogP contribution < -0.4 is 0 Å². The van der Waals surface area contributed by atoms with Gasteiger partial charge in [0, 0.05) is 71.5 Å². The number of fused-ring (bicyclic) bond motifs is 9. The molecule has 0 saturated carbocycles. The van der Waals surface area contributed by atoms with Gasteiger partial charge in [-0.05, 0) is 149 Å². The van der Waals surface area contributed by atoms with E-state index in [2.05, 4.69) is 262 Å².